The second kappa shape index (κ2) is 9.97. The Bertz CT molecular complexity index is 709. The summed E-state index contributed by atoms with van der Waals surface area (Å²) in [6, 6.07) is 16.5. The zero-order valence-electron chi connectivity index (χ0n) is 17.0. The van der Waals surface area contributed by atoms with Crippen molar-refractivity contribution in [3.63, 3.8) is 0 Å². The highest BCUT2D eigenvalue weighted by Gasteiger charge is 2.15. The summed E-state index contributed by atoms with van der Waals surface area (Å²) in [5.74, 6) is 0.903. The average molecular weight is 370 g/mol. The number of hydrogen-bond donors (Lipinski definition) is 1. The van der Waals surface area contributed by atoms with Crippen LogP contribution in [0.2, 0.25) is 0 Å². The molecule has 0 spiro atoms. The van der Waals surface area contributed by atoms with Gasteiger partial charge in [-0.15, -0.1) is 0 Å². The van der Waals surface area contributed by atoms with Crippen molar-refractivity contribution in [2.75, 3.05) is 46.7 Å². The smallest absolute Gasteiger partial charge is 0.220 e. The van der Waals surface area contributed by atoms with Crippen molar-refractivity contribution >= 4 is 11.6 Å². The Labute approximate surface area is 162 Å². The second-order valence-electron chi connectivity index (χ2n) is 7.12. The molecule has 5 nitrogen and oxygen atoms in total. The quantitative estimate of drug-likeness (QED) is 0.738. The number of carbonyl (C=O) groups excluding carboxylic acids is 1. The first-order chi connectivity index (χ1) is 12.9. The first-order valence-electron chi connectivity index (χ1n) is 9.24. The zero-order chi connectivity index (χ0) is 19.8. The topological polar surface area (TPSA) is 44.8 Å². The van der Waals surface area contributed by atoms with Crippen molar-refractivity contribution in [2.24, 2.45) is 0 Å². The second-order valence-corrected chi connectivity index (χ2v) is 7.12. The molecule has 27 heavy (non-hydrogen) atoms. The van der Waals surface area contributed by atoms with Gasteiger partial charge in [0.05, 0.1) is 13.2 Å². The average Bonchev–Trinajstić information content (AvgIpc) is 2.67. The van der Waals surface area contributed by atoms with Crippen molar-refractivity contribution < 1.29 is 9.53 Å². The lowest BCUT2D eigenvalue weighted by atomic mass is 10.0. The molecule has 0 aromatic heterocycles. The van der Waals surface area contributed by atoms with Crippen LogP contribution >= 0.6 is 0 Å². The van der Waals surface area contributed by atoms with E-state index in [0.717, 1.165) is 17.7 Å². The van der Waals surface area contributed by atoms with E-state index < -0.39 is 0 Å². The van der Waals surface area contributed by atoms with Gasteiger partial charge in [0.15, 0.2) is 0 Å². The number of rotatable bonds is 9. The van der Waals surface area contributed by atoms with Crippen LogP contribution in [0.15, 0.2) is 48.5 Å². The number of ether oxygens (including phenoxy) is 1. The first kappa shape index (κ1) is 20.8. The molecule has 0 aliphatic heterocycles. The van der Waals surface area contributed by atoms with Crippen LogP contribution in [0.3, 0.4) is 0 Å². The Morgan fingerprint density at radius 2 is 1.63 bits per heavy atom. The number of carbonyl (C=O) groups is 1. The fourth-order valence-electron chi connectivity index (χ4n) is 2.94. The SMILES string of the molecule is COc1ccc(CCC(=O)NC[C@H](c2ccc(N(C)C)cc2)N(C)C)cc1. The highest BCUT2D eigenvalue weighted by molar-refractivity contribution is 5.76. The molecule has 0 radical (unpaired) electrons. The van der Waals surface area contributed by atoms with Gasteiger partial charge in [-0.2, -0.15) is 0 Å². The fraction of sp³-hybridized carbons (Fsp3) is 0.409. The zero-order valence-corrected chi connectivity index (χ0v) is 17.0. The third-order valence-electron chi connectivity index (χ3n) is 4.71. The summed E-state index contributed by atoms with van der Waals surface area (Å²) < 4.78 is 5.16. The summed E-state index contributed by atoms with van der Waals surface area (Å²) in [7, 11) is 9.78. The van der Waals surface area contributed by atoms with Crippen LogP contribution in [-0.4, -0.2) is 52.7 Å². The Kier molecular flexibility index (Phi) is 7.67. The highest BCUT2D eigenvalue weighted by atomic mass is 16.5. The number of aryl methyl sites for hydroxylation is 1. The molecule has 0 aliphatic carbocycles. The molecule has 0 saturated carbocycles. The molecule has 0 fully saturated rings. The molecule has 0 unspecified atom stereocenters. The van der Waals surface area contributed by atoms with Crippen LogP contribution in [0.5, 0.6) is 5.75 Å². The van der Waals surface area contributed by atoms with Gasteiger partial charge >= 0.3 is 0 Å². The van der Waals surface area contributed by atoms with Gasteiger partial charge in [0.2, 0.25) is 5.91 Å². The van der Waals surface area contributed by atoms with Gasteiger partial charge in [-0.25, -0.2) is 0 Å². The van der Waals surface area contributed by atoms with Crippen molar-refractivity contribution in [3.05, 3.63) is 59.7 Å². The fourth-order valence-corrected chi connectivity index (χ4v) is 2.94. The van der Waals surface area contributed by atoms with Gasteiger partial charge in [-0.1, -0.05) is 24.3 Å². The van der Waals surface area contributed by atoms with Crippen LogP contribution in [0, 0.1) is 0 Å². The predicted molar refractivity (Wildman–Crippen MR) is 112 cm³/mol. The lowest BCUT2D eigenvalue weighted by Crippen LogP contribution is -2.34. The van der Waals surface area contributed by atoms with Crippen LogP contribution in [0.4, 0.5) is 5.69 Å². The van der Waals surface area contributed by atoms with Crippen LogP contribution in [-0.2, 0) is 11.2 Å². The third kappa shape index (κ3) is 6.29. The number of hydrogen-bond acceptors (Lipinski definition) is 4. The number of benzene rings is 2. The van der Waals surface area contributed by atoms with E-state index >= 15 is 0 Å². The van der Waals surface area contributed by atoms with Crippen molar-refractivity contribution in [2.45, 2.75) is 18.9 Å². The van der Waals surface area contributed by atoms with Gasteiger partial charge in [0.1, 0.15) is 5.75 Å². The molecule has 1 N–H and O–H groups in total. The molecule has 2 aromatic carbocycles. The summed E-state index contributed by atoms with van der Waals surface area (Å²) in [5, 5.41) is 3.08. The van der Waals surface area contributed by atoms with Crippen LogP contribution in [0.25, 0.3) is 0 Å². The summed E-state index contributed by atoms with van der Waals surface area (Å²) >= 11 is 0. The number of methoxy groups -OCH3 is 1. The van der Waals surface area contributed by atoms with Crippen molar-refractivity contribution in [3.8, 4) is 5.75 Å². The maximum absolute atomic E-state index is 12.3. The molecule has 146 valence electrons. The van der Waals surface area contributed by atoms with Gasteiger partial charge < -0.3 is 19.9 Å². The minimum atomic E-state index is 0.0718. The third-order valence-corrected chi connectivity index (χ3v) is 4.71. The first-order valence-corrected chi connectivity index (χ1v) is 9.24. The van der Waals surface area contributed by atoms with E-state index in [0.29, 0.717) is 13.0 Å². The predicted octanol–water partition coefficient (Wildman–Crippen LogP) is 3.11. The van der Waals surface area contributed by atoms with Gasteiger partial charge in [0, 0.05) is 32.7 Å². The molecular formula is C22H31N3O2. The largest absolute Gasteiger partial charge is 0.497 e. The molecule has 0 aliphatic rings. The van der Waals surface area contributed by atoms with E-state index in [1.165, 1.54) is 11.3 Å². The lowest BCUT2D eigenvalue weighted by Gasteiger charge is -2.26. The number of amides is 1. The summed E-state index contributed by atoms with van der Waals surface area (Å²) in [5.41, 5.74) is 3.50. The van der Waals surface area contributed by atoms with E-state index in [1.807, 2.05) is 52.5 Å². The van der Waals surface area contributed by atoms with E-state index in [4.69, 9.17) is 4.74 Å². The minimum absolute atomic E-state index is 0.0718. The standard InChI is InChI=1S/C22H31N3O2/c1-24(2)19-11-9-18(10-12-19)21(25(3)4)16-23-22(26)15-8-17-6-13-20(27-5)14-7-17/h6-7,9-14,21H,8,15-16H2,1-5H3,(H,23,26)/t21-/m1/s1. The molecular weight excluding hydrogens is 338 g/mol. The molecule has 0 saturated heterocycles. The number of anilines is 1. The van der Waals surface area contributed by atoms with E-state index in [9.17, 15) is 4.79 Å². The molecule has 0 bridgehead atoms. The lowest BCUT2D eigenvalue weighted by molar-refractivity contribution is -0.121. The van der Waals surface area contributed by atoms with Gasteiger partial charge in [-0.3, -0.25) is 4.79 Å². The molecule has 1 amide bonds. The highest BCUT2D eigenvalue weighted by Crippen LogP contribution is 2.21. The molecule has 5 heteroatoms. The van der Waals surface area contributed by atoms with Crippen molar-refractivity contribution in [1.82, 2.24) is 10.2 Å². The Balaban J connectivity index is 1.87. The molecule has 2 aromatic rings. The van der Waals surface area contributed by atoms with E-state index in [2.05, 4.69) is 39.4 Å². The van der Waals surface area contributed by atoms with E-state index in [-0.39, 0.29) is 11.9 Å². The number of nitrogens with one attached hydrogen (secondary N) is 1. The summed E-state index contributed by atoms with van der Waals surface area (Å²) in [4.78, 5) is 16.5. The number of nitrogens with zero attached hydrogens (tertiary/aromatic N) is 2. The van der Waals surface area contributed by atoms with Crippen LogP contribution in [0.1, 0.15) is 23.6 Å². The Morgan fingerprint density at radius 3 is 2.15 bits per heavy atom. The molecule has 2 rings (SSSR count). The summed E-state index contributed by atoms with van der Waals surface area (Å²) in [6.45, 7) is 0.593. The minimum Gasteiger partial charge on any atom is -0.497 e. The van der Waals surface area contributed by atoms with Gasteiger partial charge in [-0.05, 0) is 55.9 Å². The Morgan fingerprint density at radius 1 is 1.00 bits per heavy atom. The van der Waals surface area contributed by atoms with Crippen molar-refractivity contribution in [1.29, 1.82) is 0 Å². The van der Waals surface area contributed by atoms with E-state index in [1.54, 1.807) is 7.11 Å². The normalized spacial score (nSPS) is 11.9. The maximum atomic E-state index is 12.3. The monoisotopic (exact) mass is 369 g/mol. The maximum Gasteiger partial charge on any atom is 0.220 e. The molecule has 0 heterocycles. The summed E-state index contributed by atoms with van der Waals surface area (Å²) in [6.07, 6.45) is 1.20. The van der Waals surface area contributed by atoms with Gasteiger partial charge in [0.25, 0.3) is 0 Å². The Hall–Kier alpha value is -2.53. The molecule has 1 atom stereocenters. The number of likely N-dealkylation sites (N-methyl/N-ethyl adjacent to an activating group) is 1. The van der Waals surface area contributed by atoms with Crippen LogP contribution < -0.4 is 15.0 Å².